The van der Waals surface area contributed by atoms with Gasteiger partial charge >= 0.3 is 0 Å². The second kappa shape index (κ2) is 6.36. The van der Waals surface area contributed by atoms with E-state index in [-0.39, 0.29) is 0 Å². The van der Waals surface area contributed by atoms with Gasteiger partial charge in [-0.05, 0) is 18.8 Å². The van der Waals surface area contributed by atoms with E-state index in [4.69, 9.17) is 4.74 Å². The van der Waals surface area contributed by atoms with Gasteiger partial charge in [0.2, 0.25) is 0 Å². The van der Waals surface area contributed by atoms with Gasteiger partial charge in [0.1, 0.15) is 0 Å². The van der Waals surface area contributed by atoms with E-state index in [0.29, 0.717) is 6.10 Å². The molecule has 0 radical (unpaired) electrons. The molecule has 1 aliphatic heterocycles. The summed E-state index contributed by atoms with van der Waals surface area (Å²) in [4.78, 5) is 2.70. The van der Waals surface area contributed by atoms with Crippen molar-refractivity contribution in [2.75, 3.05) is 25.0 Å². The molecule has 2 nitrogen and oxygen atoms in total. The summed E-state index contributed by atoms with van der Waals surface area (Å²) < 4.78 is 5.91. The standard InChI is InChI=1S/C13H24BrNO/c1-2-11(9-14)10-15-7-8-16-13-6-4-3-5-12(13)15/h11-13H,2-10H2,1H3. The first-order valence-electron chi connectivity index (χ1n) is 6.76. The third-order valence-electron chi connectivity index (χ3n) is 4.14. The average molecular weight is 290 g/mol. The molecule has 2 rings (SSSR count). The van der Waals surface area contributed by atoms with Crippen molar-refractivity contribution in [2.45, 2.75) is 51.2 Å². The maximum atomic E-state index is 5.91. The van der Waals surface area contributed by atoms with Crippen LogP contribution in [0.3, 0.4) is 0 Å². The molecule has 3 unspecified atom stereocenters. The van der Waals surface area contributed by atoms with Crippen molar-refractivity contribution in [3.05, 3.63) is 0 Å². The summed E-state index contributed by atoms with van der Waals surface area (Å²) in [6.45, 7) is 5.64. The predicted octanol–water partition coefficient (Wildman–Crippen LogP) is 3.05. The minimum absolute atomic E-state index is 0.537. The summed E-state index contributed by atoms with van der Waals surface area (Å²) in [5.74, 6) is 0.806. The molecule has 0 aromatic carbocycles. The second-order valence-electron chi connectivity index (χ2n) is 5.18. The number of nitrogens with zero attached hydrogens (tertiary/aromatic N) is 1. The molecule has 2 fully saturated rings. The Morgan fingerprint density at radius 3 is 2.94 bits per heavy atom. The Kier molecular flexibility index (Phi) is 5.11. The van der Waals surface area contributed by atoms with Gasteiger partial charge < -0.3 is 4.74 Å². The van der Waals surface area contributed by atoms with Crippen molar-refractivity contribution in [2.24, 2.45) is 5.92 Å². The number of halogens is 1. The number of hydrogen-bond acceptors (Lipinski definition) is 2. The Hall–Kier alpha value is 0.400. The van der Waals surface area contributed by atoms with E-state index in [1.54, 1.807) is 0 Å². The van der Waals surface area contributed by atoms with Crippen LogP contribution in [0.1, 0.15) is 39.0 Å². The number of hydrogen-bond donors (Lipinski definition) is 0. The lowest BCUT2D eigenvalue weighted by atomic mass is 9.89. The Morgan fingerprint density at radius 1 is 1.38 bits per heavy atom. The molecule has 94 valence electrons. The van der Waals surface area contributed by atoms with Crippen molar-refractivity contribution < 1.29 is 4.74 Å². The highest BCUT2D eigenvalue weighted by Crippen LogP contribution is 2.29. The number of rotatable bonds is 4. The summed E-state index contributed by atoms with van der Waals surface area (Å²) in [5, 5.41) is 1.14. The molecule has 3 atom stereocenters. The molecule has 0 aromatic rings. The highest BCUT2D eigenvalue weighted by atomic mass is 79.9. The van der Waals surface area contributed by atoms with E-state index in [0.717, 1.165) is 30.4 Å². The van der Waals surface area contributed by atoms with Gasteiger partial charge in [0.25, 0.3) is 0 Å². The van der Waals surface area contributed by atoms with Gasteiger partial charge in [0, 0.05) is 24.5 Å². The molecule has 16 heavy (non-hydrogen) atoms. The SMILES string of the molecule is CCC(CBr)CN1CCOC2CCCCC21. The normalized spacial score (nSPS) is 33.4. The lowest BCUT2D eigenvalue weighted by molar-refractivity contribution is -0.0913. The van der Waals surface area contributed by atoms with Crippen molar-refractivity contribution in [1.29, 1.82) is 0 Å². The Balaban J connectivity index is 1.91. The molecule has 1 heterocycles. The second-order valence-corrected chi connectivity index (χ2v) is 5.83. The largest absolute Gasteiger partial charge is 0.375 e. The van der Waals surface area contributed by atoms with Gasteiger partial charge in [-0.3, -0.25) is 4.90 Å². The fourth-order valence-corrected chi connectivity index (χ4v) is 3.68. The van der Waals surface area contributed by atoms with Crippen molar-refractivity contribution >= 4 is 15.9 Å². The van der Waals surface area contributed by atoms with Crippen molar-refractivity contribution in [1.82, 2.24) is 4.90 Å². The molecule has 1 saturated heterocycles. The predicted molar refractivity (Wildman–Crippen MR) is 71.1 cm³/mol. The molecule has 2 aliphatic rings. The Labute approximate surface area is 108 Å². The van der Waals surface area contributed by atoms with Gasteiger partial charge in [0.15, 0.2) is 0 Å². The third-order valence-corrected chi connectivity index (χ3v) is 5.05. The molecule has 0 bridgehead atoms. The topological polar surface area (TPSA) is 12.5 Å². The quantitative estimate of drug-likeness (QED) is 0.738. The first kappa shape index (κ1) is 12.8. The van der Waals surface area contributed by atoms with Crippen LogP contribution in [0.4, 0.5) is 0 Å². The summed E-state index contributed by atoms with van der Waals surface area (Å²) in [5.41, 5.74) is 0. The van der Waals surface area contributed by atoms with Crippen LogP contribution in [0.15, 0.2) is 0 Å². The summed E-state index contributed by atoms with van der Waals surface area (Å²) in [6.07, 6.45) is 7.21. The third kappa shape index (κ3) is 2.99. The molecule has 0 aromatic heterocycles. The molecule has 0 N–H and O–H groups in total. The number of fused-ring (bicyclic) bond motifs is 1. The van der Waals surface area contributed by atoms with Crippen molar-refractivity contribution in [3.63, 3.8) is 0 Å². The zero-order valence-electron chi connectivity index (χ0n) is 10.3. The summed E-state index contributed by atoms with van der Waals surface area (Å²) >= 11 is 3.63. The molecule has 0 spiro atoms. The van der Waals surface area contributed by atoms with Crippen LogP contribution >= 0.6 is 15.9 Å². The maximum absolute atomic E-state index is 5.91. The molecule has 1 aliphatic carbocycles. The van der Waals surface area contributed by atoms with E-state index >= 15 is 0 Å². The lowest BCUT2D eigenvalue weighted by Gasteiger charge is -2.44. The monoisotopic (exact) mass is 289 g/mol. The van der Waals surface area contributed by atoms with Gasteiger partial charge in [-0.1, -0.05) is 42.1 Å². The van der Waals surface area contributed by atoms with Gasteiger partial charge in [0.05, 0.1) is 12.7 Å². The zero-order valence-corrected chi connectivity index (χ0v) is 11.9. The van der Waals surface area contributed by atoms with Gasteiger partial charge in [-0.15, -0.1) is 0 Å². The molecule has 1 saturated carbocycles. The van der Waals surface area contributed by atoms with Crippen LogP contribution in [0.5, 0.6) is 0 Å². The molecular formula is C13H24BrNO. The smallest absolute Gasteiger partial charge is 0.0730 e. The average Bonchev–Trinajstić information content (AvgIpc) is 2.36. The number of morpholine rings is 1. The van der Waals surface area contributed by atoms with Gasteiger partial charge in [-0.25, -0.2) is 0 Å². The molecule has 0 amide bonds. The minimum Gasteiger partial charge on any atom is -0.375 e. The Bertz CT molecular complexity index is 206. The maximum Gasteiger partial charge on any atom is 0.0730 e. The van der Waals surface area contributed by atoms with Crippen LogP contribution in [-0.2, 0) is 4.74 Å². The van der Waals surface area contributed by atoms with E-state index in [9.17, 15) is 0 Å². The molecule has 3 heteroatoms. The van der Waals surface area contributed by atoms with E-state index in [2.05, 4.69) is 27.8 Å². The summed E-state index contributed by atoms with van der Waals surface area (Å²) in [6, 6.07) is 0.718. The number of alkyl halides is 1. The lowest BCUT2D eigenvalue weighted by Crippen LogP contribution is -2.53. The van der Waals surface area contributed by atoms with Crippen LogP contribution in [0, 0.1) is 5.92 Å². The van der Waals surface area contributed by atoms with Crippen LogP contribution in [-0.4, -0.2) is 42.1 Å². The first-order valence-corrected chi connectivity index (χ1v) is 7.89. The molecular weight excluding hydrogens is 266 g/mol. The van der Waals surface area contributed by atoms with E-state index < -0.39 is 0 Å². The fraction of sp³-hybridized carbons (Fsp3) is 1.00. The van der Waals surface area contributed by atoms with Crippen LogP contribution in [0.25, 0.3) is 0 Å². The number of ether oxygens (including phenoxy) is 1. The first-order chi connectivity index (χ1) is 7.85. The summed E-state index contributed by atoms with van der Waals surface area (Å²) in [7, 11) is 0. The van der Waals surface area contributed by atoms with E-state index in [1.807, 2.05) is 0 Å². The van der Waals surface area contributed by atoms with E-state index in [1.165, 1.54) is 38.6 Å². The van der Waals surface area contributed by atoms with Crippen LogP contribution in [0.2, 0.25) is 0 Å². The van der Waals surface area contributed by atoms with Crippen molar-refractivity contribution in [3.8, 4) is 0 Å². The van der Waals surface area contributed by atoms with Gasteiger partial charge in [-0.2, -0.15) is 0 Å². The fourth-order valence-electron chi connectivity index (χ4n) is 3.02. The zero-order chi connectivity index (χ0) is 11.4. The highest BCUT2D eigenvalue weighted by molar-refractivity contribution is 9.09. The van der Waals surface area contributed by atoms with Crippen LogP contribution < -0.4 is 0 Å². The minimum atomic E-state index is 0.537. The Morgan fingerprint density at radius 2 is 2.19 bits per heavy atom. The highest BCUT2D eigenvalue weighted by Gasteiger charge is 2.34.